The molecule has 0 amide bonds. The largest absolute Gasteiger partial charge is 0.340 e. The lowest BCUT2D eigenvalue weighted by molar-refractivity contribution is -0.139. The molecular formula is C10H14O2. The summed E-state index contributed by atoms with van der Waals surface area (Å²) in [5.41, 5.74) is 1.24. The van der Waals surface area contributed by atoms with Gasteiger partial charge >= 0.3 is 0 Å². The Morgan fingerprint density at radius 2 is 2.08 bits per heavy atom. The maximum atomic E-state index is 5.72. The van der Waals surface area contributed by atoms with Gasteiger partial charge in [0.1, 0.15) is 12.2 Å². The molecule has 0 aromatic heterocycles. The van der Waals surface area contributed by atoms with Crippen LogP contribution in [0.1, 0.15) is 20.8 Å². The number of hydrogen-bond donors (Lipinski definition) is 0. The average Bonchev–Trinajstić information content (AvgIpc) is 2.25. The molecule has 0 saturated carbocycles. The summed E-state index contributed by atoms with van der Waals surface area (Å²) in [6, 6.07) is 0. The molecule has 2 rings (SSSR count). The van der Waals surface area contributed by atoms with Crippen molar-refractivity contribution in [1.29, 1.82) is 0 Å². The lowest BCUT2D eigenvalue weighted by atomic mass is 10.0. The quantitative estimate of drug-likeness (QED) is 0.548. The Morgan fingerprint density at radius 3 is 2.75 bits per heavy atom. The lowest BCUT2D eigenvalue weighted by Crippen LogP contribution is -2.23. The first-order valence-electron chi connectivity index (χ1n) is 4.29. The molecule has 2 aliphatic rings. The third-order valence-corrected chi connectivity index (χ3v) is 2.24. The highest BCUT2D eigenvalue weighted by atomic mass is 16.7. The molecule has 1 fully saturated rings. The van der Waals surface area contributed by atoms with Gasteiger partial charge in [-0.3, -0.25) is 0 Å². The first kappa shape index (κ1) is 8.02. The fourth-order valence-electron chi connectivity index (χ4n) is 1.69. The molecule has 66 valence electrons. The monoisotopic (exact) mass is 166 g/mol. The molecule has 0 aromatic carbocycles. The molecule has 1 heterocycles. The summed E-state index contributed by atoms with van der Waals surface area (Å²) in [4.78, 5) is 0. The first-order chi connectivity index (χ1) is 5.58. The van der Waals surface area contributed by atoms with Crippen molar-refractivity contribution in [2.45, 2.75) is 38.8 Å². The molecule has 12 heavy (non-hydrogen) atoms. The molecule has 1 saturated heterocycles. The molecule has 2 atom stereocenters. The summed E-state index contributed by atoms with van der Waals surface area (Å²) in [7, 11) is 0. The van der Waals surface area contributed by atoms with Crippen molar-refractivity contribution in [1.82, 2.24) is 0 Å². The second kappa shape index (κ2) is 2.44. The van der Waals surface area contributed by atoms with E-state index in [0.717, 1.165) is 0 Å². The summed E-state index contributed by atoms with van der Waals surface area (Å²) in [6.07, 6.45) is 6.40. The van der Waals surface area contributed by atoms with Crippen LogP contribution in [-0.2, 0) is 9.47 Å². The van der Waals surface area contributed by atoms with Crippen molar-refractivity contribution >= 4 is 0 Å². The van der Waals surface area contributed by atoms with E-state index in [1.807, 2.05) is 26.0 Å². The summed E-state index contributed by atoms with van der Waals surface area (Å²) < 4.78 is 11.4. The molecule has 2 nitrogen and oxygen atoms in total. The Bertz CT molecular complexity index is 251. The Balaban J connectivity index is 2.24. The van der Waals surface area contributed by atoms with Crippen LogP contribution in [-0.4, -0.2) is 18.0 Å². The molecule has 0 N–H and O–H groups in total. The predicted molar refractivity (Wildman–Crippen MR) is 46.7 cm³/mol. The molecule has 1 aliphatic heterocycles. The highest BCUT2D eigenvalue weighted by Crippen LogP contribution is 2.34. The van der Waals surface area contributed by atoms with Crippen molar-refractivity contribution in [2.24, 2.45) is 0 Å². The predicted octanol–water partition coefficient (Wildman–Crippen LogP) is 2.02. The van der Waals surface area contributed by atoms with E-state index in [9.17, 15) is 0 Å². The lowest BCUT2D eigenvalue weighted by Gasteiger charge is -2.17. The van der Waals surface area contributed by atoms with Crippen LogP contribution in [0.5, 0.6) is 0 Å². The number of hydrogen-bond acceptors (Lipinski definition) is 2. The summed E-state index contributed by atoms with van der Waals surface area (Å²) in [5, 5.41) is 0. The van der Waals surface area contributed by atoms with Crippen molar-refractivity contribution in [3.63, 3.8) is 0 Å². The van der Waals surface area contributed by atoms with E-state index >= 15 is 0 Å². The van der Waals surface area contributed by atoms with Gasteiger partial charge in [-0.1, -0.05) is 18.2 Å². The van der Waals surface area contributed by atoms with E-state index in [4.69, 9.17) is 9.47 Å². The Labute approximate surface area is 72.9 Å². The molecule has 0 bridgehead atoms. The highest BCUT2D eigenvalue weighted by Gasteiger charge is 2.41. The second-order valence-electron chi connectivity index (χ2n) is 3.82. The maximum absolute atomic E-state index is 5.72. The number of ether oxygens (including phenoxy) is 2. The molecule has 0 unspecified atom stereocenters. The zero-order valence-corrected chi connectivity index (χ0v) is 7.70. The average molecular weight is 166 g/mol. The third kappa shape index (κ3) is 1.21. The van der Waals surface area contributed by atoms with Gasteiger partial charge < -0.3 is 9.47 Å². The van der Waals surface area contributed by atoms with Gasteiger partial charge in [0.25, 0.3) is 0 Å². The van der Waals surface area contributed by atoms with Crippen LogP contribution in [0.3, 0.4) is 0 Å². The number of fused-ring (bicyclic) bond motifs is 1. The minimum Gasteiger partial charge on any atom is -0.340 e. The second-order valence-corrected chi connectivity index (χ2v) is 3.82. The normalized spacial score (nSPS) is 37.8. The van der Waals surface area contributed by atoms with Crippen molar-refractivity contribution in [3.8, 4) is 0 Å². The van der Waals surface area contributed by atoms with E-state index < -0.39 is 5.79 Å². The zero-order valence-electron chi connectivity index (χ0n) is 7.70. The van der Waals surface area contributed by atoms with Gasteiger partial charge in [0, 0.05) is 0 Å². The standard InChI is InChI=1S/C10H14O2/c1-7-5-4-6-8-9(7)12-10(2,3)11-8/h4-6,8-9H,1-3H3/t8-,9+/m0/s1. The van der Waals surface area contributed by atoms with Crippen molar-refractivity contribution in [2.75, 3.05) is 0 Å². The molecule has 1 aliphatic carbocycles. The summed E-state index contributed by atoms with van der Waals surface area (Å²) in [5.74, 6) is -0.431. The third-order valence-electron chi connectivity index (χ3n) is 2.24. The Kier molecular flexibility index (Phi) is 1.63. The van der Waals surface area contributed by atoms with Gasteiger partial charge in [-0.05, 0) is 26.3 Å². The van der Waals surface area contributed by atoms with Crippen LogP contribution >= 0.6 is 0 Å². The van der Waals surface area contributed by atoms with Crippen LogP contribution < -0.4 is 0 Å². The Morgan fingerprint density at radius 1 is 1.33 bits per heavy atom. The topological polar surface area (TPSA) is 18.5 Å². The van der Waals surface area contributed by atoms with Gasteiger partial charge in [-0.15, -0.1) is 0 Å². The van der Waals surface area contributed by atoms with Gasteiger partial charge in [0.15, 0.2) is 5.79 Å². The van der Waals surface area contributed by atoms with Crippen LogP contribution in [0.15, 0.2) is 23.8 Å². The number of rotatable bonds is 0. The van der Waals surface area contributed by atoms with Gasteiger partial charge in [0.05, 0.1) is 0 Å². The smallest absolute Gasteiger partial charge is 0.164 e. The summed E-state index contributed by atoms with van der Waals surface area (Å²) in [6.45, 7) is 5.98. The van der Waals surface area contributed by atoms with E-state index in [1.54, 1.807) is 0 Å². The van der Waals surface area contributed by atoms with Gasteiger partial charge in [-0.2, -0.15) is 0 Å². The highest BCUT2D eigenvalue weighted by molar-refractivity contribution is 5.25. The van der Waals surface area contributed by atoms with Crippen LogP contribution in [0.4, 0.5) is 0 Å². The molecule has 0 spiro atoms. The molecule has 0 aromatic rings. The van der Waals surface area contributed by atoms with Crippen LogP contribution in [0.2, 0.25) is 0 Å². The molecular weight excluding hydrogens is 152 g/mol. The minimum atomic E-state index is -0.431. The SMILES string of the molecule is CC1=CC=C[C@@H]2OC(C)(C)O[C@H]12. The molecule has 2 heteroatoms. The van der Waals surface area contributed by atoms with Gasteiger partial charge in [0.2, 0.25) is 0 Å². The van der Waals surface area contributed by atoms with Crippen molar-refractivity contribution < 1.29 is 9.47 Å². The van der Waals surface area contributed by atoms with E-state index in [2.05, 4.69) is 13.0 Å². The van der Waals surface area contributed by atoms with E-state index in [-0.39, 0.29) is 12.2 Å². The first-order valence-corrected chi connectivity index (χ1v) is 4.29. The minimum absolute atomic E-state index is 0.116. The molecule has 0 radical (unpaired) electrons. The number of allylic oxidation sites excluding steroid dienone is 2. The fraction of sp³-hybridized carbons (Fsp3) is 0.600. The van der Waals surface area contributed by atoms with Crippen LogP contribution in [0, 0.1) is 0 Å². The Hall–Kier alpha value is -0.600. The van der Waals surface area contributed by atoms with Gasteiger partial charge in [-0.25, -0.2) is 0 Å². The maximum Gasteiger partial charge on any atom is 0.164 e. The van der Waals surface area contributed by atoms with Crippen LogP contribution in [0.25, 0.3) is 0 Å². The fourth-order valence-corrected chi connectivity index (χ4v) is 1.69. The zero-order chi connectivity index (χ0) is 8.77. The van der Waals surface area contributed by atoms with E-state index in [1.165, 1.54) is 5.57 Å². The van der Waals surface area contributed by atoms with E-state index in [0.29, 0.717) is 0 Å². The van der Waals surface area contributed by atoms with Crippen molar-refractivity contribution in [3.05, 3.63) is 23.8 Å². The summed E-state index contributed by atoms with van der Waals surface area (Å²) >= 11 is 0.